The molecule has 1 fully saturated rings. The number of carbonyl (C=O) groups is 1. The lowest BCUT2D eigenvalue weighted by Crippen LogP contribution is -2.35. The fourth-order valence-electron chi connectivity index (χ4n) is 3.79. The molecule has 4 rings (SSSR count). The van der Waals surface area contributed by atoms with E-state index < -0.39 is 0 Å². The summed E-state index contributed by atoms with van der Waals surface area (Å²) in [7, 11) is 0. The summed E-state index contributed by atoms with van der Waals surface area (Å²) >= 11 is 1.61. The van der Waals surface area contributed by atoms with Gasteiger partial charge in [0.25, 0.3) is 0 Å². The number of nitrogens with zero attached hydrogens (tertiary/aromatic N) is 3. The van der Waals surface area contributed by atoms with Gasteiger partial charge in [-0.05, 0) is 44.2 Å². The lowest BCUT2D eigenvalue weighted by Gasteiger charge is -2.28. The van der Waals surface area contributed by atoms with Crippen molar-refractivity contribution < 1.29 is 4.79 Å². The molecule has 0 spiro atoms. The summed E-state index contributed by atoms with van der Waals surface area (Å²) in [5.41, 5.74) is 10.5. The quantitative estimate of drug-likeness (QED) is 0.611. The van der Waals surface area contributed by atoms with Crippen molar-refractivity contribution in [1.82, 2.24) is 20.3 Å². The number of nitrogens with two attached hydrogens (primary N) is 1. The molecule has 7 nitrogen and oxygen atoms in total. The summed E-state index contributed by atoms with van der Waals surface area (Å²) in [6.45, 7) is 2.45. The van der Waals surface area contributed by atoms with Crippen LogP contribution in [0.5, 0.6) is 0 Å². The zero-order valence-electron chi connectivity index (χ0n) is 15.8. The predicted molar refractivity (Wildman–Crippen MR) is 112 cm³/mol. The SMILES string of the molecule is Cc1cc(NC2CCC(C(=O)NCc3cccc4ncsc34)CC2)nc(N)n1. The standard InChI is InChI=1S/C20H24N6OS/c1-12-9-17(26-20(21)24-12)25-15-7-5-13(6-8-15)19(27)22-10-14-3-2-4-16-18(14)28-11-23-16/h2-4,9,11,13,15H,5-8,10H2,1H3,(H,22,27)(H3,21,24,25,26). The number of nitrogens with one attached hydrogen (secondary N) is 2. The smallest absolute Gasteiger partial charge is 0.223 e. The third-order valence-corrected chi connectivity index (χ3v) is 6.13. The fraction of sp³-hybridized carbons (Fsp3) is 0.400. The summed E-state index contributed by atoms with van der Waals surface area (Å²) < 4.78 is 1.15. The number of thiazole rings is 1. The lowest BCUT2D eigenvalue weighted by atomic mass is 9.85. The predicted octanol–water partition coefficient (Wildman–Crippen LogP) is 3.26. The number of nitrogen functional groups attached to an aromatic ring is 1. The van der Waals surface area contributed by atoms with Gasteiger partial charge < -0.3 is 16.4 Å². The normalized spacial score (nSPS) is 19.5. The van der Waals surface area contributed by atoms with Crippen LogP contribution in [0.3, 0.4) is 0 Å². The van der Waals surface area contributed by atoms with E-state index in [0.29, 0.717) is 12.6 Å². The van der Waals surface area contributed by atoms with Crippen molar-refractivity contribution in [2.24, 2.45) is 5.92 Å². The number of amides is 1. The average molecular weight is 397 g/mol. The first-order valence-corrected chi connectivity index (χ1v) is 10.4. The van der Waals surface area contributed by atoms with Crippen LogP contribution in [0.25, 0.3) is 10.2 Å². The van der Waals surface area contributed by atoms with E-state index in [9.17, 15) is 4.79 Å². The number of hydrogen-bond donors (Lipinski definition) is 3. The van der Waals surface area contributed by atoms with Gasteiger partial charge in [-0.25, -0.2) is 9.97 Å². The van der Waals surface area contributed by atoms with E-state index in [4.69, 9.17) is 5.73 Å². The molecule has 0 saturated heterocycles. The maximum Gasteiger partial charge on any atom is 0.223 e. The molecule has 8 heteroatoms. The van der Waals surface area contributed by atoms with Gasteiger partial charge in [0.2, 0.25) is 11.9 Å². The maximum atomic E-state index is 12.6. The number of carbonyl (C=O) groups excluding carboxylic acids is 1. The molecule has 0 unspecified atom stereocenters. The second kappa shape index (κ2) is 8.10. The first-order chi connectivity index (χ1) is 13.6. The van der Waals surface area contributed by atoms with E-state index in [1.54, 1.807) is 11.3 Å². The molecule has 0 aliphatic heterocycles. The van der Waals surface area contributed by atoms with Crippen LogP contribution < -0.4 is 16.4 Å². The van der Waals surface area contributed by atoms with E-state index in [1.165, 1.54) is 0 Å². The van der Waals surface area contributed by atoms with Crippen molar-refractivity contribution >= 4 is 39.2 Å². The second-order valence-electron chi connectivity index (χ2n) is 7.28. The highest BCUT2D eigenvalue weighted by molar-refractivity contribution is 7.16. The molecule has 1 saturated carbocycles. The fourth-order valence-corrected chi connectivity index (χ4v) is 4.59. The number of rotatable bonds is 5. The van der Waals surface area contributed by atoms with Crippen molar-refractivity contribution in [3.05, 3.63) is 41.0 Å². The molecule has 1 aliphatic rings. The van der Waals surface area contributed by atoms with Gasteiger partial charge in [-0.2, -0.15) is 4.98 Å². The van der Waals surface area contributed by atoms with Crippen LogP contribution in [0.1, 0.15) is 36.9 Å². The molecular weight excluding hydrogens is 372 g/mol. The minimum Gasteiger partial charge on any atom is -0.368 e. The molecule has 0 radical (unpaired) electrons. The first-order valence-electron chi connectivity index (χ1n) is 9.55. The van der Waals surface area contributed by atoms with Gasteiger partial charge in [-0.15, -0.1) is 11.3 Å². The summed E-state index contributed by atoms with van der Waals surface area (Å²) in [5.74, 6) is 1.25. The minimum atomic E-state index is 0.0657. The Kier molecular flexibility index (Phi) is 5.38. The van der Waals surface area contributed by atoms with Gasteiger partial charge in [0.15, 0.2) is 0 Å². The molecule has 0 bridgehead atoms. The number of hydrogen-bond acceptors (Lipinski definition) is 7. The molecular formula is C20H24N6OS. The zero-order valence-corrected chi connectivity index (χ0v) is 16.6. The van der Waals surface area contributed by atoms with E-state index in [1.807, 2.05) is 30.6 Å². The Morgan fingerprint density at radius 2 is 2.07 bits per heavy atom. The molecule has 1 aliphatic carbocycles. The third kappa shape index (κ3) is 4.22. The Labute approximate surface area is 167 Å². The topological polar surface area (TPSA) is 106 Å². The van der Waals surface area contributed by atoms with Crippen molar-refractivity contribution in [3.8, 4) is 0 Å². The van der Waals surface area contributed by atoms with Gasteiger partial charge in [0.05, 0.1) is 15.7 Å². The van der Waals surface area contributed by atoms with Crippen LogP contribution in [0.4, 0.5) is 11.8 Å². The van der Waals surface area contributed by atoms with Gasteiger partial charge in [-0.3, -0.25) is 4.79 Å². The van der Waals surface area contributed by atoms with Crippen molar-refractivity contribution in [2.75, 3.05) is 11.1 Å². The van der Waals surface area contributed by atoms with Gasteiger partial charge in [0, 0.05) is 30.3 Å². The Bertz CT molecular complexity index is 959. The molecule has 2 heterocycles. The molecule has 0 atom stereocenters. The van der Waals surface area contributed by atoms with Crippen LogP contribution >= 0.6 is 11.3 Å². The van der Waals surface area contributed by atoms with Crippen LogP contribution in [0.2, 0.25) is 0 Å². The summed E-state index contributed by atoms with van der Waals surface area (Å²) in [5, 5.41) is 6.54. The van der Waals surface area contributed by atoms with Crippen LogP contribution in [0, 0.1) is 12.8 Å². The third-order valence-electron chi connectivity index (χ3n) is 5.21. The molecule has 28 heavy (non-hydrogen) atoms. The molecule has 4 N–H and O–H groups in total. The van der Waals surface area contributed by atoms with Crippen molar-refractivity contribution in [1.29, 1.82) is 0 Å². The number of benzene rings is 1. The zero-order chi connectivity index (χ0) is 19.5. The van der Waals surface area contributed by atoms with Gasteiger partial charge in [-0.1, -0.05) is 12.1 Å². The highest BCUT2D eigenvalue weighted by Crippen LogP contribution is 2.27. The number of anilines is 2. The largest absolute Gasteiger partial charge is 0.368 e. The van der Waals surface area contributed by atoms with Gasteiger partial charge >= 0.3 is 0 Å². The van der Waals surface area contributed by atoms with Crippen LogP contribution in [-0.4, -0.2) is 26.9 Å². The van der Waals surface area contributed by atoms with Gasteiger partial charge in [0.1, 0.15) is 5.82 Å². The minimum absolute atomic E-state index is 0.0657. The van der Waals surface area contributed by atoms with E-state index in [-0.39, 0.29) is 17.8 Å². The summed E-state index contributed by atoms with van der Waals surface area (Å²) in [4.78, 5) is 25.3. The van der Waals surface area contributed by atoms with E-state index in [2.05, 4.69) is 31.7 Å². The number of fused-ring (bicyclic) bond motifs is 1. The molecule has 146 valence electrons. The Hall–Kier alpha value is -2.74. The average Bonchev–Trinajstić information content (AvgIpc) is 3.15. The Morgan fingerprint density at radius 1 is 1.25 bits per heavy atom. The van der Waals surface area contributed by atoms with Crippen LogP contribution in [0.15, 0.2) is 29.8 Å². The summed E-state index contributed by atoms with van der Waals surface area (Å²) in [6, 6.07) is 8.25. The van der Waals surface area contributed by atoms with Crippen molar-refractivity contribution in [2.45, 2.75) is 45.2 Å². The second-order valence-corrected chi connectivity index (χ2v) is 8.14. The molecule has 1 aromatic carbocycles. The maximum absolute atomic E-state index is 12.6. The monoisotopic (exact) mass is 396 g/mol. The first kappa shape index (κ1) is 18.6. The van der Waals surface area contributed by atoms with Crippen molar-refractivity contribution in [3.63, 3.8) is 0 Å². The number of aromatic nitrogens is 3. The Balaban J connectivity index is 1.28. The van der Waals surface area contributed by atoms with E-state index in [0.717, 1.165) is 53.0 Å². The highest BCUT2D eigenvalue weighted by Gasteiger charge is 2.26. The molecule has 3 aromatic rings. The lowest BCUT2D eigenvalue weighted by molar-refractivity contribution is -0.126. The molecule has 1 amide bonds. The molecule has 2 aromatic heterocycles. The number of aryl methyl sites for hydroxylation is 1. The summed E-state index contributed by atoms with van der Waals surface area (Å²) in [6.07, 6.45) is 3.61. The Morgan fingerprint density at radius 3 is 2.86 bits per heavy atom. The highest BCUT2D eigenvalue weighted by atomic mass is 32.1. The van der Waals surface area contributed by atoms with E-state index >= 15 is 0 Å². The van der Waals surface area contributed by atoms with Crippen LogP contribution in [-0.2, 0) is 11.3 Å².